The summed E-state index contributed by atoms with van der Waals surface area (Å²) in [6.07, 6.45) is 2.46. The number of para-hydroxylation sites is 2. The summed E-state index contributed by atoms with van der Waals surface area (Å²) in [5, 5.41) is 3.62. The Morgan fingerprint density at radius 1 is 1.10 bits per heavy atom. The molecule has 0 bridgehead atoms. The second-order valence-electron chi connectivity index (χ2n) is 5.58. The average molecular weight is 276 g/mol. The average Bonchev–Trinajstić information content (AvgIpc) is 2.55. The van der Waals surface area contributed by atoms with Crippen molar-refractivity contribution in [3.05, 3.63) is 24.3 Å². The van der Waals surface area contributed by atoms with Gasteiger partial charge in [0.1, 0.15) is 0 Å². The van der Waals surface area contributed by atoms with Crippen molar-refractivity contribution in [1.29, 1.82) is 0 Å². The minimum absolute atomic E-state index is 0.640. The van der Waals surface area contributed by atoms with Gasteiger partial charge in [0.15, 0.2) is 0 Å². The van der Waals surface area contributed by atoms with Gasteiger partial charge in [-0.15, -0.1) is 0 Å². The van der Waals surface area contributed by atoms with Crippen molar-refractivity contribution in [1.82, 2.24) is 0 Å². The number of nitrogens with zero attached hydrogens (tertiary/aromatic N) is 1. The SMILES string of the molecule is c1ccc(N2CCOCC2)c(NCC2CCCOC2)c1. The molecule has 0 saturated carbocycles. The Kier molecular flexibility index (Phi) is 4.77. The summed E-state index contributed by atoms with van der Waals surface area (Å²) in [6.45, 7) is 6.43. The minimum atomic E-state index is 0.640. The molecule has 0 amide bonds. The molecule has 20 heavy (non-hydrogen) atoms. The second-order valence-corrected chi connectivity index (χ2v) is 5.58. The highest BCUT2D eigenvalue weighted by Gasteiger charge is 2.17. The third-order valence-corrected chi connectivity index (χ3v) is 4.09. The van der Waals surface area contributed by atoms with Gasteiger partial charge in [-0.2, -0.15) is 0 Å². The third-order valence-electron chi connectivity index (χ3n) is 4.09. The molecule has 1 N–H and O–H groups in total. The lowest BCUT2D eigenvalue weighted by Gasteiger charge is -2.31. The van der Waals surface area contributed by atoms with E-state index in [0.717, 1.165) is 46.1 Å². The van der Waals surface area contributed by atoms with Gasteiger partial charge in [0.2, 0.25) is 0 Å². The van der Waals surface area contributed by atoms with Gasteiger partial charge in [0, 0.05) is 26.2 Å². The molecule has 1 aromatic carbocycles. The van der Waals surface area contributed by atoms with E-state index in [-0.39, 0.29) is 0 Å². The predicted molar refractivity (Wildman–Crippen MR) is 81.5 cm³/mol. The number of hydrogen-bond donors (Lipinski definition) is 1. The fourth-order valence-corrected chi connectivity index (χ4v) is 2.93. The Bertz CT molecular complexity index is 413. The van der Waals surface area contributed by atoms with Crippen molar-refractivity contribution in [2.24, 2.45) is 5.92 Å². The summed E-state index contributed by atoms with van der Waals surface area (Å²) >= 11 is 0. The first kappa shape index (κ1) is 13.7. The first-order valence-corrected chi connectivity index (χ1v) is 7.67. The standard InChI is InChI=1S/C16H24N2O2/c1-2-6-16(18-7-10-19-11-8-18)15(5-1)17-12-14-4-3-9-20-13-14/h1-2,5-6,14,17H,3-4,7-13H2. The van der Waals surface area contributed by atoms with Crippen molar-refractivity contribution in [3.8, 4) is 0 Å². The summed E-state index contributed by atoms with van der Waals surface area (Å²) in [5.74, 6) is 0.640. The van der Waals surface area contributed by atoms with Crippen LogP contribution < -0.4 is 10.2 Å². The van der Waals surface area contributed by atoms with Crippen LogP contribution in [0.4, 0.5) is 11.4 Å². The lowest BCUT2D eigenvalue weighted by atomic mass is 10.0. The van der Waals surface area contributed by atoms with Crippen LogP contribution in [0.3, 0.4) is 0 Å². The van der Waals surface area contributed by atoms with Gasteiger partial charge in [-0.25, -0.2) is 0 Å². The van der Waals surface area contributed by atoms with Crippen LogP contribution in [0.1, 0.15) is 12.8 Å². The number of ether oxygens (including phenoxy) is 2. The minimum Gasteiger partial charge on any atom is -0.383 e. The van der Waals surface area contributed by atoms with Crippen LogP contribution in [0.25, 0.3) is 0 Å². The molecule has 4 nitrogen and oxygen atoms in total. The summed E-state index contributed by atoms with van der Waals surface area (Å²) in [6, 6.07) is 8.59. The molecule has 2 saturated heterocycles. The lowest BCUT2D eigenvalue weighted by Crippen LogP contribution is -2.36. The van der Waals surface area contributed by atoms with E-state index >= 15 is 0 Å². The zero-order valence-corrected chi connectivity index (χ0v) is 12.0. The number of nitrogens with one attached hydrogen (secondary N) is 1. The van der Waals surface area contributed by atoms with Gasteiger partial charge in [0.25, 0.3) is 0 Å². The third kappa shape index (κ3) is 3.44. The van der Waals surface area contributed by atoms with Gasteiger partial charge in [0.05, 0.1) is 31.2 Å². The maximum atomic E-state index is 5.55. The largest absolute Gasteiger partial charge is 0.383 e. The molecule has 0 aromatic heterocycles. The van der Waals surface area contributed by atoms with Crippen LogP contribution >= 0.6 is 0 Å². The zero-order chi connectivity index (χ0) is 13.6. The zero-order valence-electron chi connectivity index (χ0n) is 12.0. The molecule has 0 spiro atoms. The Balaban J connectivity index is 1.62. The smallest absolute Gasteiger partial charge is 0.0642 e. The molecule has 0 aliphatic carbocycles. The van der Waals surface area contributed by atoms with E-state index < -0.39 is 0 Å². The molecular formula is C16H24N2O2. The highest BCUT2D eigenvalue weighted by molar-refractivity contribution is 5.70. The first-order chi connectivity index (χ1) is 9.93. The number of morpholine rings is 1. The van der Waals surface area contributed by atoms with Crippen LogP contribution in [0.15, 0.2) is 24.3 Å². The van der Waals surface area contributed by atoms with Crippen LogP contribution in [0.5, 0.6) is 0 Å². The molecule has 0 radical (unpaired) electrons. The lowest BCUT2D eigenvalue weighted by molar-refractivity contribution is 0.0595. The van der Waals surface area contributed by atoms with Crippen molar-refractivity contribution >= 4 is 11.4 Å². The summed E-state index contributed by atoms with van der Waals surface area (Å²) in [4.78, 5) is 2.41. The van der Waals surface area contributed by atoms with E-state index in [2.05, 4.69) is 34.5 Å². The second kappa shape index (κ2) is 6.95. The summed E-state index contributed by atoms with van der Waals surface area (Å²) in [5.41, 5.74) is 2.53. The monoisotopic (exact) mass is 276 g/mol. The first-order valence-electron chi connectivity index (χ1n) is 7.67. The fourth-order valence-electron chi connectivity index (χ4n) is 2.93. The quantitative estimate of drug-likeness (QED) is 0.915. The molecular weight excluding hydrogens is 252 g/mol. The van der Waals surface area contributed by atoms with Crippen LogP contribution in [-0.2, 0) is 9.47 Å². The van der Waals surface area contributed by atoms with Gasteiger partial charge in [-0.1, -0.05) is 12.1 Å². The van der Waals surface area contributed by atoms with E-state index in [1.54, 1.807) is 0 Å². The normalized spacial score (nSPS) is 23.6. The molecule has 1 atom stereocenters. The molecule has 2 fully saturated rings. The topological polar surface area (TPSA) is 33.7 Å². The van der Waals surface area contributed by atoms with E-state index in [0.29, 0.717) is 5.92 Å². The highest BCUT2D eigenvalue weighted by Crippen LogP contribution is 2.27. The van der Waals surface area contributed by atoms with Gasteiger partial charge in [-0.05, 0) is 30.9 Å². The number of anilines is 2. The number of hydrogen-bond acceptors (Lipinski definition) is 4. The molecule has 1 unspecified atom stereocenters. The molecule has 4 heteroatoms. The number of benzene rings is 1. The fraction of sp³-hybridized carbons (Fsp3) is 0.625. The predicted octanol–water partition coefficient (Wildman–Crippen LogP) is 2.36. The van der Waals surface area contributed by atoms with Crippen molar-refractivity contribution in [2.45, 2.75) is 12.8 Å². The molecule has 2 heterocycles. The van der Waals surface area contributed by atoms with E-state index in [9.17, 15) is 0 Å². The Morgan fingerprint density at radius 3 is 2.75 bits per heavy atom. The molecule has 2 aliphatic rings. The van der Waals surface area contributed by atoms with E-state index in [1.807, 2.05) is 0 Å². The molecule has 110 valence electrons. The Labute approximate surface area is 121 Å². The van der Waals surface area contributed by atoms with Gasteiger partial charge in [-0.3, -0.25) is 0 Å². The Hall–Kier alpha value is -1.26. The molecule has 1 aromatic rings. The summed E-state index contributed by atoms with van der Waals surface area (Å²) in [7, 11) is 0. The van der Waals surface area contributed by atoms with Gasteiger partial charge >= 0.3 is 0 Å². The molecule has 2 aliphatic heterocycles. The van der Waals surface area contributed by atoms with Crippen LogP contribution in [-0.4, -0.2) is 46.1 Å². The maximum Gasteiger partial charge on any atom is 0.0642 e. The molecule has 3 rings (SSSR count). The Morgan fingerprint density at radius 2 is 1.95 bits per heavy atom. The van der Waals surface area contributed by atoms with Crippen molar-refractivity contribution in [3.63, 3.8) is 0 Å². The summed E-state index contributed by atoms with van der Waals surface area (Å²) < 4.78 is 11.0. The van der Waals surface area contributed by atoms with Crippen molar-refractivity contribution in [2.75, 3.05) is 56.3 Å². The van der Waals surface area contributed by atoms with E-state index in [1.165, 1.54) is 24.2 Å². The van der Waals surface area contributed by atoms with Gasteiger partial charge < -0.3 is 19.7 Å². The number of rotatable bonds is 4. The maximum absolute atomic E-state index is 5.55. The highest BCUT2D eigenvalue weighted by atomic mass is 16.5. The van der Waals surface area contributed by atoms with Crippen LogP contribution in [0.2, 0.25) is 0 Å². The van der Waals surface area contributed by atoms with Crippen molar-refractivity contribution < 1.29 is 9.47 Å². The van der Waals surface area contributed by atoms with E-state index in [4.69, 9.17) is 9.47 Å². The van der Waals surface area contributed by atoms with Crippen LogP contribution in [0, 0.1) is 5.92 Å².